The lowest BCUT2D eigenvalue weighted by atomic mass is 10.2. The molecule has 1 atom stereocenters. The van der Waals surface area contributed by atoms with Gasteiger partial charge in [0.05, 0.1) is 5.56 Å². The Kier molecular flexibility index (Phi) is 7.91. The molecule has 0 spiro atoms. The number of anilines is 1. The summed E-state index contributed by atoms with van der Waals surface area (Å²) < 4.78 is 5.50. The van der Waals surface area contributed by atoms with Gasteiger partial charge >= 0.3 is 6.09 Å². The van der Waals surface area contributed by atoms with Crippen molar-refractivity contribution in [2.75, 3.05) is 50.7 Å². The van der Waals surface area contributed by atoms with Gasteiger partial charge in [0.15, 0.2) is 0 Å². The Hall–Kier alpha value is -2.86. The Bertz CT molecular complexity index is 822. The van der Waals surface area contributed by atoms with Gasteiger partial charge in [0, 0.05) is 64.5 Å². The molecule has 3 rings (SSSR count). The number of ether oxygens (including phenoxy) is 1. The van der Waals surface area contributed by atoms with Gasteiger partial charge in [-0.25, -0.2) is 9.78 Å². The van der Waals surface area contributed by atoms with Crippen molar-refractivity contribution >= 4 is 17.8 Å². The number of likely N-dealkylation sites (tertiary alicyclic amines) is 1. The van der Waals surface area contributed by atoms with E-state index < -0.39 is 5.60 Å². The molecule has 2 aliphatic heterocycles. The van der Waals surface area contributed by atoms with E-state index in [1.54, 1.807) is 17.2 Å². The van der Waals surface area contributed by atoms with Crippen LogP contribution in [0, 0.1) is 11.3 Å². The predicted molar refractivity (Wildman–Crippen MR) is 121 cm³/mol. The smallest absolute Gasteiger partial charge is 0.410 e. The van der Waals surface area contributed by atoms with Crippen LogP contribution in [0.5, 0.6) is 0 Å². The zero-order valence-corrected chi connectivity index (χ0v) is 19.3. The highest BCUT2D eigenvalue weighted by Gasteiger charge is 2.31. The predicted octanol–water partition coefficient (Wildman–Crippen LogP) is 1.98. The van der Waals surface area contributed by atoms with E-state index in [2.05, 4.69) is 21.3 Å². The number of carbonyl (C=O) groups excluding carboxylic acids is 2. The number of aromatic nitrogens is 1. The van der Waals surface area contributed by atoms with Crippen LogP contribution in [0.3, 0.4) is 0 Å². The maximum atomic E-state index is 12.6. The molecule has 32 heavy (non-hydrogen) atoms. The Morgan fingerprint density at radius 3 is 2.59 bits per heavy atom. The standard InChI is InChI=1S/C23H34N6O3/c1-23(2,3)32-22(31)29-10-4-5-19(29)17-25-9-8-21(30)28-13-11-27(12-14-28)20-7-6-18(15-24)16-26-20/h6-7,16,19,25H,4-5,8-14,17H2,1-3H3/t19-/m0/s1. The van der Waals surface area contributed by atoms with Gasteiger partial charge in [-0.05, 0) is 45.7 Å². The molecular formula is C23H34N6O3. The molecule has 0 bridgehead atoms. The maximum absolute atomic E-state index is 12.6. The number of piperazine rings is 1. The summed E-state index contributed by atoms with van der Waals surface area (Å²) in [5.74, 6) is 0.976. The average molecular weight is 443 g/mol. The van der Waals surface area contributed by atoms with Gasteiger partial charge in [-0.1, -0.05) is 0 Å². The van der Waals surface area contributed by atoms with Crippen molar-refractivity contribution in [3.05, 3.63) is 23.9 Å². The Morgan fingerprint density at radius 2 is 1.97 bits per heavy atom. The number of rotatable bonds is 6. The molecule has 2 saturated heterocycles. The molecule has 9 heteroatoms. The van der Waals surface area contributed by atoms with Crippen molar-refractivity contribution < 1.29 is 14.3 Å². The summed E-state index contributed by atoms with van der Waals surface area (Å²) in [6, 6.07) is 5.80. The van der Waals surface area contributed by atoms with Crippen LogP contribution in [0.2, 0.25) is 0 Å². The second-order valence-corrected chi connectivity index (χ2v) is 9.31. The first-order valence-electron chi connectivity index (χ1n) is 11.4. The zero-order chi connectivity index (χ0) is 23.1. The first kappa shape index (κ1) is 23.8. The van der Waals surface area contributed by atoms with E-state index in [-0.39, 0.29) is 18.0 Å². The molecule has 174 valence electrons. The number of carbonyl (C=O) groups is 2. The molecule has 1 N–H and O–H groups in total. The summed E-state index contributed by atoms with van der Waals surface area (Å²) in [5.41, 5.74) is 0.0476. The van der Waals surface area contributed by atoms with Crippen molar-refractivity contribution in [2.24, 2.45) is 0 Å². The zero-order valence-electron chi connectivity index (χ0n) is 19.3. The van der Waals surface area contributed by atoms with Crippen molar-refractivity contribution in [3.8, 4) is 6.07 Å². The van der Waals surface area contributed by atoms with Crippen LogP contribution in [0.1, 0.15) is 45.6 Å². The van der Waals surface area contributed by atoms with Gasteiger partial charge in [-0.2, -0.15) is 5.26 Å². The summed E-state index contributed by atoms with van der Waals surface area (Å²) in [7, 11) is 0. The lowest BCUT2D eigenvalue weighted by Gasteiger charge is -2.35. The number of nitrogens with one attached hydrogen (secondary N) is 1. The molecule has 3 heterocycles. The summed E-state index contributed by atoms with van der Waals surface area (Å²) in [5, 5.41) is 12.2. The van der Waals surface area contributed by atoms with Crippen LogP contribution in [0.4, 0.5) is 10.6 Å². The van der Waals surface area contributed by atoms with Gasteiger partial charge in [0.1, 0.15) is 17.5 Å². The molecule has 1 aromatic rings. The Balaban J connectivity index is 1.35. The van der Waals surface area contributed by atoms with E-state index in [0.29, 0.717) is 38.2 Å². The fraction of sp³-hybridized carbons (Fsp3) is 0.652. The topological polar surface area (TPSA) is 102 Å². The number of amides is 2. The van der Waals surface area contributed by atoms with Crippen LogP contribution in [-0.2, 0) is 9.53 Å². The van der Waals surface area contributed by atoms with E-state index in [1.807, 2.05) is 31.7 Å². The molecular weight excluding hydrogens is 408 g/mol. The number of hydrogen-bond donors (Lipinski definition) is 1. The van der Waals surface area contributed by atoms with E-state index in [0.717, 1.165) is 38.3 Å². The van der Waals surface area contributed by atoms with Crippen molar-refractivity contribution in [2.45, 2.75) is 51.7 Å². The molecule has 2 aliphatic rings. The first-order chi connectivity index (χ1) is 15.3. The summed E-state index contributed by atoms with van der Waals surface area (Å²) in [6.45, 7) is 10.4. The van der Waals surface area contributed by atoms with E-state index in [9.17, 15) is 9.59 Å². The van der Waals surface area contributed by atoms with Crippen LogP contribution in [0.25, 0.3) is 0 Å². The largest absolute Gasteiger partial charge is 0.444 e. The molecule has 0 aliphatic carbocycles. The van der Waals surface area contributed by atoms with Gasteiger partial charge in [-0.15, -0.1) is 0 Å². The number of hydrogen-bond acceptors (Lipinski definition) is 7. The quantitative estimate of drug-likeness (QED) is 0.672. The molecule has 2 fully saturated rings. The molecule has 9 nitrogen and oxygen atoms in total. The fourth-order valence-electron chi connectivity index (χ4n) is 4.06. The van der Waals surface area contributed by atoms with Crippen molar-refractivity contribution in [3.63, 3.8) is 0 Å². The first-order valence-corrected chi connectivity index (χ1v) is 11.4. The minimum Gasteiger partial charge on any atom is -0.444 e. The molecule has 0 unspecified atom stereocenters. The second-order valence-electron chi connectivity index (χ2n) is 9.31. The SMILES string of the molecule is CC(C)(C)OC(=O)N1CCC[C@H]1CNCCC(=O)N1CCN(c2ccc(C#N)cn2)CC1. The monoisotopic (exact) mass is 442 g/mol. The average Bonchev–Trinajstić information content (AvgIpc) is 3.24. The van der Waals surface area contributed by atoms with E-state index in [4.69, 9.17) is 10.00 Å². The van der Waals surface area contributed by atoms with Crippen LogP contribution in [0.15, 0.2) is 18.3 Å². The number of nitrogens with zero attached hydrogens (tertiary/aromatic N) is 5. The third kappa shape index (κ3) is 6.57. The van der Waals surface area contributed by atoms with Crippen LogP contribution in [-0.4, -0.2) is 84.2 Å². The summed E-state index contributed by atoms with van der Waals surface area (Å²) >= 11 is 0. The van der Waals surface area contributed by atoms with Gasteiger partial charge in [-0.3, -0.25) is 4.79 Å². The van der Waals surface area contributed by atoms with Crippen LogP contribution >= 0.6 is 0 Å². The lowest BCUT2D eigenvalue weighted by Crippen LogP contribution is -2.49. The van der Waals surface area contributed by atoms with Gasteiger partial charge in [0.25, 0.3) is 0 Å². The van der Waals surface area contributed by atoms with Gasteiger partial charge < -0.3 is 24.8 Å². The third-order valence-electron chi connectivity index (χ3n) is 5.73. The minimum atomic E-state index is -0.496. The maximum Gasteiger partial charge on any atom is 0.410 e. The lowest BCUT2D eigenvalue weighted by molar-refractivity contribution is -0.131. The summed E-state index contributed by atoms with van der Waals surface area (Å²) in [4.78, 5) is 35.1. The van der Waals surface area contributed by atoms with Crippen LogP contribution < -0.4 is 10.2 Å². The Morgan fingerprint density at radius 1 is 1.22 bits per heavy atom. The molecule has 0 aromatic carbocycles. The Labute approximate surface area is 190 Å². The highest BCUT2D eigenvalue weighted by atomic mass is 16.6. The molecule has 1 aromatic heterocycles. The molecule has 0 radical (unpaired) electrons. The molecule has 0 saturated carbocycles. The minimum absolute atomic E-state index is 0.114. The highest BCUT2D eigenvalue weighted by Crippen LogP contribution is 2.20. The van der Waals surface area contributed by atoms with E-state index in [1.165, 1.54) is 0 Å². The van der Waals surface area contributed by atoms with E-state index >= 15 is 0 Å². The fourth-order valence-corrected chi connectivity index (χ4v) is 4.06. The second kappa shape index (κ2) is 10.6. The number of pyridine rings is 1. The summed E-state index contributed by atoms with van der Waals surface area (Å²) in [6.07, 6.45) is 3.68. The van der Waals surface area contributed by atoms with Crippen molar-refractivity contribution in [1.82, 2.24) is 20.1 Å². The normalized spacial score (nSPS) is 19.1. The van der Waals surface area contributed by atoms with Gasteiger partial charge in [0.2, 0.25) is 5.91 Å². The highest BCUT2D eigenvalue weighted by molar-refractivity contribution is 5.76. The molecule has 2 amide bonds. The third-order valence-corrected chi connectivity index (χ3v) is 5.73. The van der Waals surface area contributed by atoms with Crippen molar-refractivity contribution in [1.29, 1.82) is 5.26 Å². The number of nitriles is 1.